The predicted molar refractivity (Wildman–Crippen MR) is 121 cm³/mol. The van der Waals surface area contributed by atoms with Crippen LogP contribution in [0.2, 0.25) is 0 Å². The maximum Gasteiger partial charge on any atom is 0.272 e. The molecule has 0 saturated heterocycles. The van der Waals surface area contributed by atoms with Gasteiger partial charge in [-0.05, 0) is 54.7 Å². The first-order chi connectivity index (χ1) is 14.0. The van der Waals surface area contributed by atoms with E-state index in [1.165, 1.54) is 5.56 Å². The van der Waals surface area contributed by atoms with Crippen molar-refractivity contribution in [1.29, 1.82) is 0 Å². The van der Waals surface area contributed by atoms with Gasteiger partial charge in [-0.25, -0.2) is 0 Å². The third-order valence-electron chi connectivity index (χ3n) is 5.13. The maximum atomic E-state index is 13.3. The van der Waals surface area contributed by atoms with Crippen LogP contribution in [0, 0.1) is 6.92 Å². The lowest BCUT2D eigenvalue weighted by Crippen LogP contribution is -2.18. The van der Waals surface area contributed by atoms with E-state index in [4.69, 9.17) is 4.74 Å². The largest absolute Gasteiger partial charge is 0.491 e. The zero-order chi connectivity index (χ0) is 21.0. The third kappa shape index (κ3) is 4.21. The van der Waals surface area contributed by atoms with Gasteiger partial charge in [0.2, 0.25) is 0 Å². The number of nitrogens with one attached hydrogen (secondary N) is 1. The summed E-state index contributed by atoms with van der Waals surface area (Å²) in [6.07, 6.45) is 2.73. The molecule has 0 aliphatic heterocycles. The number of fused-ring (bicyclic) bond motifs is 1. The number of rotatable bonds is 8. The Labute approximate surface area is 173 Å². The average molecular weight is 391 g/mol. The summed E-state index contributed by atoms with van der Waals surface area (Å²) in [4.78, 5) is 13.3. The van der Waals surface area contributed by atoms with Crippen LogP contribution in [0.5, 0.6) is 5.75 Å². The second-order valence-corrected chi connectivity index (χ2v) is 7.60. The van der Waals surface area contributed by atoms with Crippen molar-refractivity contribution >= 4 is 22.5 Å². The number of carbonyl (C=O) groups is 1. The zero-order valence-corrected chi connectivity index (χ0v) is 17.8. The first-order valence-electron chi connectivity index (χ1n) is 10.2. The van der Waals surface area contributed by atoms with Gasteiger partial charge in [0.15, 0.2) is 0 Å². The first kappa shape index (κ1) is 20.7. The van der Waals surface area contributed by atoms with E-state index < -0.39 is 0 Å². The number of amides is 1. The lowest BCUT2D eigenvalue weighted by Gasteiger charge is -2.14. The van der Waals surface area contributed by atoms with Crippen LogP contribution in [0.1, 0.15) is 54.7 Å². The van der Waals surface area contributed by atoms with Gasteiger partial charge in [-0.1, -0.05) is 45.0 Å². The summed E-state index contributed by atoms with van der Waals surface area (Å²) in [5.41, 5.74) is 4.64. The van der Waals surface area contributed by atoms with Crippen LogP contribution in [-0.2, 0) is 6.54 Å². The Bertz CT molecular complexity index is 1030. The number of para-hydroxylation sites is 2. The van der Waals surface area contributed by atoms with Crippen LogP contribution in [0.3, 0.4) is 0 Å². The Morgan fingerprint density at radius 3 is 2.69 bits per heavy atom. The highest BCUT2D eigenvalue weighted by molar-refractivity contribution is 6.09. The quantitative estimate of drug-likeness (QED) is 0.459. The van der Waals surface area contributed by atoms with Gasteiger partial charge in [0.05, 0.1) is 12.3 Å². The van der Waals surface area contributed by atoms with Gasteiger partial charge in [-0.2, -0.15) is 0 Å². The normalized spacial score (nSPS) is 11.1. The highest BCUT2D eigenvalue weighted by Gasteiger charge is 2.21. The average Bonchev–Trinajstić information content (AvgIpc) is 2.99. The number of nitrogens with zero attached hydrogens (tertiary/aromatic N) is 1. The molecule has 1 amide bonds. The number of carbonyl (C=O) groups excluding carboxylic acids is 1. The molecule has 29 heavy (non-hydrogen) atoms. The van der Waals surface area contributed by atoms with Crippen LogP contribution in [-0.4, -0.2) is 17.1 Å². The number of hydrogen-bond donors (Lipinski definition) is 1. The maximum absolute atomic E-state index is 13.3. The van der Waals surface area contributed by atoms with E-state index in [1.807, 2.05) is 41.8 Å². The number of aromatic nitrogens is 1. The summed E-state index contributed by atoms with van der Waals surface area (Å²) in [6.45, 7) is 13.5. The first-order valence-corrected chi connectivity index (χ1v) is 10.2. The lowest BCUT2D eigenvalue weighted by molar-refractivity contribution is 0.101. The minimum atomic E-state index is -0.140. The summed E-state index contributed by atoms with van der Waals surface area (Å²) in [5.74, 6) is 0.981. The molecule has 4 heteroatoms. The van der Waals surface area contributed by atoms with Crippen molar-refractivity contribution in [2.75, 3.05) is 11.9 Å². The molecule has 0 radical (unpaired) electrons. The molecule has 0 spiro atoms. The van der Waals surface area contributed by atoms with Crippen LogP contribution < -0.4 is 10.1 Å². The van der Waals surface area contributed by atoms with E-state index in [0.717, 1.165) is 22.9 Å². The molecule has 0 atom stereocenters. The number of benzene rings is 2. The lowest BCUT2D eigenvalue weighted by atomic mass is 10.0. The summed E-state index contributed by atoms with van der Waals surface area (Å²) in [6, 6.07) is 14.0. The molecular weight excluding hydrogens is 360 g/mol. The van der Waals surface area contributed by atoms with Crippen molar-refractivity contribution in [3.8, 4) is 5.75 Å². The summed E-state index contributed by atoms with van der Waals surface area (Å²) >= 11 is 0. The molecule has 152 valence electrons. The van der Waals surface area contributed by atoms with E-state index in [-0.39, 0.29) is 5.91 Å². The second kappa shape index (κ2) is 8.99. The number of aryl methyl sites for hydroxylation is 1. The Hall–Kier alpha value is -3.01. The predicted octanol–water partition coefficient (Wildman–Crippen LogP) is 6.30. The van der Waals surface area contributed by atoms with Crippen molar-refractivity contribution < 1.29 is 9.53 Å². The monoisotopic (exact) mass is 390 g/mol. The fourth-order valence-corrected chi connectivity index (χ4v) is 3.60. The molecule has 3 aromatic rings. The minimum absolute atomic E-state index is 0.140. The van der Waals surface area contributed by atoms with Crippen LogP contribution in [0.15, 0.2) is 55.1 Å². The number of hydrogen-bond acceptors (Lipinski definition) is 2. The summed E-state index contributed by atoms with van der Waals surface area (Å²) < 4.78 is 7.83. The number of ether oxygens (including phenoxy) is 1. The number of allylic oxidation sites excluding steroid dienone is 1. The molecule has 0 bridgehead atoms. The van der Waals surface area contributed by atoms with Crippen molar-refractivity contribution in [1.82, 2.24) is 4.57 Å². The summed E-state index contributed by atoms with van der Waals surface area (Å²) in [7, 11) is 0. The summed E-state index contributed by atoms with van der Waals surface area (Å²) in [5, 5.41) is 4.16. The number of anilines is 1. The van der Waals surface area contributed by atoms with E-state index in [9.17, 15) is 4.79 Å². The molecule has 1 heterocycles. The second-order valence-electron chi connectivity index (χ2n) is 7.60. The van der Waals surface area contributed by atoms with Crippen molar-refractivity contribution in [2.45, 2.75) is 46.6 Å². The third-order valence-corrected chi connectivity index (χ3v) is 5.13. The van der Waals surface area contributed by atoms with Crippen molar-refractivity contribution in [3.63, 3.8) is 0 Å². The van der Waals surface area contributed by atoms with Gasteiger partial charge in [-0.15, -0.1) is 6.58 Å². The molecule has 0 aliphatic carbocycles. The van der Waals surface area contributed by atoms with E-state index in [1.54, 1.807) is 0 Å². The molecule has 0 aliphatic rings. The van der Waals surface area contributed by atoms with Gasteiger partial charge in [0, 0.05) is 17.4 Å². The standard InChI is InChI=1S/C25H30N2O2/c1-6-14-27-22-13-12-19(17(3)4)16-20(22)18(5)24(27)25(28)26-21-10-8-9-11-23(21)29-15-7-2/h6,8-13,16-17H,1,7,14-15H2,2-5H3,(H,26,28). The topological polar surface area (TPSA) is 43.3 Å². The minimum Gasteiger partial charge on any atom is -0.491 e. The zero-order valence-electron chi connectivity index (χ0n) is 17.8. The molecule has 0 saturated carbocycles. The van der Waals surface area contributed by atoms with Gasteiger partial charge in [0.25, 0.3) is 5.91 Å². The molecule has 0 unspecified atom stereocenters. The Morgan fingerprint density at radius 1 is 1.24 bits per heavy atom. The molecule has 3 rings (SSSR count). The van der Waals surface area contributed by atoms with Crippen LogP contribution in [0.4, 0.5) is 5.69 Å². The fraction of sp³-hybridized carbons (Fsp3) is 0.320. The molecule has 0 fully saturated rings. The Kier molecular flexibility index (Phi) is 6.42. The van der Waals surface area contributed by atoms with Crippen LogP contribution in [0.25, 0.3) is 10.9 Å². The molecular formula is C25H30N2O2. The van der Waals surface area contributed by atoms with E-state index >= 15 is 0 Å². The van der Waals surface area contributed by atoms with Gasteiger partial charge >= 0.3 is 0 Å². The van der Waals surface area contributed by atoms with E-state index in [0.29, 0.717) is 36.2 Å². The SMILES string of the molecule is C=CCn1c(C(=O)Nc2ccccc2OCCC)c(C)c2cc(C(C)C)ccc21. The fourth-order valence-electron chi connectivity index (χ4n) is 3.60. The molecule has 4 nitrogen and oxygen atoms in total. The van der Waals surface area contributed by atoms with E-state index in [2.05, 4.69) is 50.9 Å². The van der Waals surface area contributed by atoms with Crippen LogP contribution >= 0.6 is 0 Å². The Balaban J connectivity index is 2.04. The van der Waals surface area contributed by atoms with Crippen molar-refractivity contribution in [2.24, 2.45) is 0 Å². The molecule has 2 aromatic carbocycles. The molecule has 1 N–H and O–H groups in total. The Morgan fingerprint density at radius 2 is 2.00 bits per heavy atom. The van der Waals surface area contributed by atoms with Crippen molar-refractivity contribution in [3.05, 3.63) is 71.9 Å². The highest BCUT2D eigenvalue weighted by Crippen LogP contribution is 2.31. The van der Waals surface area contributed by atoms with Gasteiger partial charge in [0.1, 0.15) is 11.4 Å². The smallest absolute Gasteiger partial charge is 0.272 e. The van der Waals surface area contributed by atoms with Gasteiger partial charge < -0.3 is 14.6 Å². The van der Waals surface area contributed by atoms with Gasteiger partial charge in [-0.3, -0.25) is 4.79 Å². The highest BCUT2D eigenvalue weighted by atomic mass is 16.5. The molecule has 1 aromatic heterocycles.